The standard InChI is InChI=1S/C17H18F3N3O2S/c1-25-16(5-7-21-8-6-16)14(24)23-15-22-13(10-26-15)11-3-2-4-12(9-11)17(18,19)20/h2-4,9-10,21H,5-8H2,1H3,(H,22,23,24). The SMILES string of the molecule is COC1(C(=O)Nc2nc(-c3cccc(C(F)(F)F)c3)cs2)CCNCC1. The van der Waals surface area contributed by atoms with E-state index in [1.807, 2.05) is 0 Å². The van der Waals surface area contributed by atoms with E-state index in [9.17, 15) is 18.0 Å². The van der Waals surface area contributed by atoms with Gasteiger partial charge >= 0.3 is 6.18 Å². The zero-order valence-corrected chi connectivity index (χ0v) is 14.8. The number of carbonyl (C=O) groups excluding carboxylic acids is 1. The molecule has 3 rings (SSSR count). The van der Waals surface area contributed by atoms with Gasteiger partial charge in [0.25, 0.3) is 5.91 Å². The molecular formula is C17H18F3N3O2S. The highest BCUT2D eigenvalue weighted by molar-refractivity contribution is 7.14. The maximum Gasteiger partial charge on any atom is 0.416 e. The summed E-state index contributed by atoms with van der Waals surface area (Å²) in [6.07, 6.45) is -3.33. The lowest BCUT2D eigenvalue weighted by atomic mass is 9.91. The Morgan fingerprint density at radius 1 is 1.35 bits per heavy atom. The Labute approximate surface area is 152 Å². The summed E-state index contributed by atoms with van der Waals surface area (Å²) >= 11 is 1.16. The minimum atomic E-state index is -4.41. The molecule has 0 spiro atoms. The van der Waals surface area contributed by atoms with Gasteiger partial charge in [-0.1, -0.05) is 12.1 Å². The van der Waals surface area contributed by atoms with Crippen molar-refractivity contribution in [2.24, 2.45) is 0 Å². The van der Waals surface area contributed by atoms with E-state index in [1.165, 1.54) is 13.2 Å². The lowest BCUT2D eigenvalue weighted by Gasteiger charge is -2.34. The molecule has 0 unspecified atom stereocenters. The molecule has 0 saturated carbocycles. The number of anilines is 1. The van der Waals surface area contributed by atoms with E-state index in [-0.39, 0.29) is 5.91 Å². The molecule has 0 aliphatic carbocycles. The number of hydrogen-bond acceptors (Lipinski definition) is 5. The highest BCUT2D eigenvalue weighted by Gasteiger charge is 2.40. The van der Waals surface area contributed by atoms with Crippen LogP contribution in [0.2, 0.25) is 0 Å². The molecule has 1 fully saturated rings. The third-order valence-electron chi connectivity index (χ3n) is 4.43. The van der Waals surface area contributed by atoms with Gasteiger partial charge in [-0.05, 0) is 38.1 Å². The quantitative estimate of drug-likeness (QED) is 0.845. The van der Waals surface area contributed by atoms with Gasteiger partial charge < -0.3 is 10.1 Å². The fourth-order valence-electron chi connectivity index (χ4n) is 2.88. The van der Waals surface area contributed by atoms with Gasteiger partial charge in [-0.3, -0.25) is 10.1 Å². The summed E-state index contributed by atoms with van der Waals surface area (Å²) < 4.78 is 44.0. The molecule has 140 valence electrons. The number of nitrogens with zero attached hydrogens (tertiary/aromatic N) is 1. The molecule has 1 amide bonds. The topological polar surface area (TPSA) is 63.2 Å². The van der Waals surface area contributed by atoms with Crippen molar-refractivity contribution in [3.63, 3.8) is 0 Å². The number of alkyl halides is 3. The van der Waals surface area contributed by atoms with E-state index >= 15 is 0 Å². The van der Waals surface area contributed by atoms with Gasteiger partial charge in [0.15, 0.2) is 5.13 Å². The molecule has 1 aromatic heterocycles. The summed E-state index contributed by atoms with van der Waals surface area (Å²) in [5, 5.41) is 7.85. The summed E-state index contributed by atoms with van der Waals surface area (Å²) in [5.74, 6) is -0.286. The highest BCUT2D eigenvalue weighted by atomic mass is 32.1. The Morgan fingerprint density at radius 2 is 2.08 bits per heavy atom. The Hall–Kier alpha value is -1.97. The van der Waals surface area contributed by atoms with Gasteiger partial charge in [-0.2, -0.15) is 13.2 Å². The number of rotatable bonds is 4. The van der Waals surface area contributed by atoms with E-state index in [2.05, 4.69) is 15.6 Å². The van der Waals surface area contributed by atoms with Crippen LogP contribution in [0.15, 0.2) is 29.6 Å². The van der Waals surface area contributed by atoms with Crippen molar-refractivity contribution in [1.82, 2.24) is 10.3 Å². The van der Waals surface area contributed by atoms with Crippen LogP contribution in [0.5, 0.6) is 0 Å². The predicted octanol–water partition coefficient (Wildman–Crippen LogP) is 3.54. The molecule has 26 heavy (non-hydrogen) atoms. The first-order valence-corrected chi connectivity index (χ1v) is 8.92. The number of nitrogens with one attached hydrogen (secondary N) is 2. The van der Waals surface area contributed by atoms with E-state index in [0.29, 0.717) is 42.3 Å². The number of methoxy groups -OCH3 is 1. The van der Waals surface area contributed by atoms with E-state index < -0.39 is 17.3 Å². The van der Waals surface area contributed by atoms with Crippen LogP contribution in [-0.4, -0.2) is 36.7 Å². The van der Waals surface area contributed by atoms with Crippen LogP contribution in [-0.2, 0) is 15.7 Å². The van der Waals surface area contributed by atoms with Crippen molar-refractivity contribution in [3.05, 3.63) is 35.2 Å². The van der Waals surface area contributed by atoms with Crippen molar-refractivity contribution < 1.29 is 22.7 Å². The summed E-state index contributed by atoms with van der Waals surface area (Å²) in [4.78, 5) is 16.9. The number of halogens is 3. The van der Waals surface area contributed by atoms with Gasteiger partial charge in [0.1, 0.15) is 5.60 Å². The van der Waals surface area contributed by atoms with Crippen LogP contribution in [0.3, 0.4) is 0 Å². The number of amides is 1. The number of hydrogen-bond donors (Lipinski definition) is 2. The summed E-state index contributed by atoms with van der Waals surface area (Å²) in [6, 6.07) is 4.95. The van der Waals surface area contributed by atoms with Crippen molar-refractivity contribution in [1.29, 1.82) is 0 Å². The van der Waals surface area contributed by atoms with Gasteiger partial charge in [0.05, 0.1) is 11.3 Å². The summed E-state index contributed by atoms with van der Waals surface area (Å²) in [6.45, 7) is 1.35. The molecular weight excluding hydrogens is 367 g/mol. The molecule has 5 nitrogen and oxygen atoms in total. The number of carbonyl (C=O) groups is 1. The number of benzene rings is 1. The van der Waals surface area contributed by atoms with Gasteiger partial charge in [-0.25, -0.2) is 4.98 Å². The number of aromatic nitrogens is 1. The zero-order valence-electron chi connectivity index (χ0n) is 14.0. The molecule has 0 radical (unpaired) electrons. The second-order valence-electron chi connectivity index (χ2n) is 6.02. The van der Waals surface area contributed by atoms with Crippen molar-refractivity contribution in [2.45, 2.75) is 24.6 Å². The lowest BCUT2D eigenvalue weighted by molar-refractivity contribution is -0.140. The summed E-state index contributed by atoms with van der Waals surface area (Å²) in [5.41, 5.74) is -0.914. The monoisotopic (exact) mass is 385 g/mol. The fourth-order valence-corrected chi connectivity index (χ4v) is 3.60. The van der Waals surface area contributed by atoms with Crippen LogP contribution in [0.4, 0.5) is 18.3 Å². The maximum absolute atomic E-state index is 12.9. The summed E-state index contributed by atoms with van der Waals surface area (Å²) in [7, 11) is 1.50. The van der Waals surface area contributed by atoms with Crippen molar-refractivity contribution in [2.75, 3.05) is 25.5 Å². The molecule has 0 bridgehead atoms. The van der Waals surface area contributed by atoms with Gasteiger partial charge in [-0.15, -0.1) is 11.3 Å². The molecule has 9 heteroatoms. The molecule has 1 saturated heterocycles. The fraction of sp³-hybridized carbons (Fsp3) is 0.412. The smallest absolute Gasteiger partial charge is 0.368 e. The third-order valence-corrected chi connectivity index (χ3v) is 5.18. The normalized spacial score (nSPS) is 17.1. The first-order chi connectivity index (χ1) is 12.3. The van der Waals surface area contributed by atoms with E-state index in [0.717, 1.165) is 23.5 Å². The average molecular weight is 385 g/mol. The van der Waals surface area contributed by atoms with Gasteiger partial charge in [0, 0.05) is 18.1 Å². The average Bonchev–Trinajstić information content (AvgIpc) is 3.10. The second kappa shape index (κ2) is 7.34. The van der Waals surface area contributed by atoms with Crippen LogP contribution in [0.1, 0.15) is 18.4 Å². The zero-order chi connectivity index (χ0) is 18.8. The number of ether oxygens (including phenoxy) is 1. The molecule has 1 aliphatic heterocycles. The lowest BCUT2D eigenvalue weighted by Crippen LogP contribution is -2.51. The minimum absolute atomic E-state index is 0.286. The van der Waals surface area contributed by atoms with Crippen LogP contribution >= 0.6 is 11.3 Å². The molecule has 1 aliphatic rings. The molecule has 2 heterocycles. The number of piperidine rings is 1. The molecule has 0 atom stereocenters. The van der Waals surface area contributed by atoms with Crippen molar-refractivity contribution >= 4 is 22.4 Å². The Morgan fingerprint density at radius 3 is 2.73 bits per heavy atom. The minimum Gasteiger partial charge on any atom is -0.368 e. The molecule has 2 N–H and O–H groups in total. The highest BCUT2D eigenvalue weighted by Crippen LogP contribution is 2.33. The Kier molecular flexibility index (Phi) is 5.31. The molecule has 1 aromatic carbocycles. The van der Waals surface area contributed by atoms with Gasteiger partial charge in [0.2, 0.25) is 0 Å². The van der Waals surface area contributed by atoms with Crippen LogP contribution in [0.25, 0.3) is 11.3 Å². The molecule has 2 aromatic rings. The van der Waals surface area contributed by atoms with Crippen molar-refractivity contribution in [3.8, 4) is 11.3 Å². The Bertz CT molecular complexity index is 786. The number of thiazole rings is 1. The van der Waals surface area contributed by atoms with Crippen LogP contribution < -0.4 is 10.6 Å². The van der Waals surface area contributed by atoms with E-state index in [1.54, 1.807) is 11.4 Å². The second-order valence-corrected chi connectivity index (χ2v) is 6.88. The van der Waals surface area contributed by atoms with Crippen LogP contribution in [0, 0.1) is 0 Å². The first-order valence-electron chi connectivity index (χ1n) is 8.04. The predicted molar refractivity (Wildman–Crippen MR) is 93.0 cm³/mol. The largest absolute Gasteiger partial charge is 0.416 e. The first kappa shape index (κ1) is 18.8. The maximum atomic E-state index is 12.9. The Balaban J connectivity index is 1.77. The third kappa shape index (κ3) is 3.89. The van der Waals surface area contributed by atoms with E-state index in [4.69, 9.17) is 4.74 Å².